The second-order valence-corrected chi connectivity index (χ2v) is 8.52. The molecule has 1 aromatic heterocycles. The molecule has 1 saturated heterocycles. The van der Waals surface area contributed by atoms with Gasteiger partial charge in [0, 0.05) is 25.1 Å². The lowest BCUT2D eigenvalue weighted by atomic mass is 9.93. The van der Waals surface area contributed by atoms with Gasteiger partial charge in [0.2, 0.25) is 5.91 Å². The van der Waals surface area contributed by atoms with E-state index < -0.39 is 0 Å². The molecule has 0 bridgehead atoms. The van der Waals surface area contributed by atoms with Gasteiger partial charge in [0.25, 0.3) is 5.69 Å². The van der Waals surface area contributed by atoms with Crippen molar-refractivity contribution < 1.29 is 9.72 Å². The maximum absolute atomic E-state index is 13.2. The van der Waals surface area contributed by atoms with Gasteiger partial charge < -0.3 is 15.2 Å². The Morgan fingerprint density at radius 3 is 2.59 bits per heavy atom. The number of carbonyl (C=O) groups is 1. The number of fused-ring (bicyclic) bond motifs is 1. The molecule has 2 atom stereocenters. The molecule has 8 nitrogen and oxygen atoms in total. The second kappa shape index (κ2) is 9.38. The molecular weight excluding hydrogens is 406 g/mol. The maximum Gasteiger partial charge on any atom is 0.292 e. The molecule has 1 fully saturated rings. The summed E-state index contributed by atoms with van der Waals surface area (Å²) < 4.78 is 0. The van der Waals surface area contributed by atoms with E-state index in [-0.39, 0.29) is 34.4 Å². The summed E-state index contributed by atoms with van der Waals surface area (Å²) in [6.07, 6.45) is 2.23. The van der Waals surface area contributed by atoms with Crippen LogP contribution in [0.3, 0.4) is 0 Å². The third-order valence-electron chi connectivity index (χ3n) is 6.50. The van der Waals surface area contributed by atoms with E-state index >= 15 is 0 Å². The molecule has 8 heteroatoms. The molecule has 0 radical (unpaired) electrons. The van der Waals surface area contributed by atoms with E-state index in [9.17, 15) is 14.9 Å². The number of aromatic amines is 1. The Labute approximate surface area is 187 Å². The lowest BCUT2D eigenvalue weighted by Gasteiger charge is -2.33. The first-order valence-electron chi connectivity index (χ1n) is 11.2. The number of aromatic nitrogens is 2. The van der Waals surface area contributed by atoms with Crippen LogP contribution in [0.25, 0.3) is 11.0 Å². The lowest BCUT2D eigenvalue weighted by Crippen LogP contribution is -2.43. The number of carbonyl (C=O) groups excluding carboxylic acids is 1. The van der Waals surface area contributed by atoms with Gasteiger partial charge in [0.15, 0.2) is 0 Å². The normalized spacial score (nSPS) is 16.6. The fraction of sp³-hybridized carbons (Fsp3) is 0.417. The zero-order valence-electron chi connectivity index (χ0n) is 18.5. The minimum Gasteiger partial charge on any atom is -0.366 e. The van der Waals surface area contributed by atoms with E-state index in [0.717, 1.165) is 23.3 Å². The molecule has 0 spiro atoms. The van der Waals surface area contributed by atoms with E-state index in [0.29, 0.717) is 31.6 Å². The van der Waals surface area contributed by atoms with Gasteiger partial charge >= 0.3 is 0 Å². The van der Waals surface area contributed by atoms with Crippen LogP contribution in [0.4, 0.5) is 11.4 Å². The first-order chi connectivity index (χ1) is 15.5. The first-order valence-corrected chi connectivity index (χ1v) is 11.2. The topological polar surface area (TPSA) is 104 Å². The van der Waals surface area contributed by atoms with Crippen LogP contribution >= 0.6 is 0 Å². The number of H-pyrrole nitrogens is 1. The fourth-order valence-electron chi connectivity index (χ4n) is 4.38. The Morgan fingerprint density at radius 2 is 1.91 bits per heavy atom. The Bertz CT molecular complexity index is 1070. The van der Waals surface area contributed by atoms with Crippen LogP contribution < -0.4 is 10.2 Å². The van der Waals surface area contributed by atoms with E-state index in [4.69, 9.17) is 4.98 Å². The SMILES string of the molecule is CCC(C)C(NC(=O)C1CCN(c2ccccc2[N+](=O)[O-])CC1)c1nc2ccccc2[nH]1. The van der Waals surface area contributed by atoms with Gasteiger partial charge in [-0.15, -0.1) is 0 Å². The van der Waals surface area contributed by atoms with Gasteiger partial charge in [-0.2, -0.15) is 0 Å². The minimum absolute atomic E-state index is 0.0259. The van der Waals surface area contributed by atoms with Crippen LogP contribution in [0, 0.1) is 22.0 Å². The summed E-state index contributed by atoms with van der Waals surface area (Å²) in [7, 11) is 0. The molecule has 32 heavy (non-hydrogen) atoms. The Kier molecular flexibility index (Phi) is 6.39. The van der Waals surface area contributed by atoms with Gasteiger partial charge in [-0.1, -0.05) is 44.5 Å². The average Bonchev–Trinajstić information content (AvgIpc) is 3.26. The summed E-state index contributed by atoms with van der Waals surface area (Å²) in [5, 5.41) is 14.6. The van der Waals surface area contributed by atoms with Gasteiger partial charge in [0.05, 0.1) is 22.0 Å². The highest BCUT2D eigenvalue weighted by Crippen LogP contribution is 2.32. The molecule has 168 valence electrons. The van der Waals surface area contributed by atoms with Crippen molar-refractivity contribution in [2.45, 2.75) is 39.2 Å². The number of benzene rings is 2. The first kappa shape index (κ1) is 21.8. The quantitative estimate of drug-likeness (QED) is 0.417. The van der Waals surface area contributed by atoms with Crippen LogP contribution in [-0.4, -0.2) is 33.9 Å². The van der Waals surface area contributed by atoms with Crippen LogP contribution in [-0.2, 0) is 4.79 Å². The third-order valence-corrected chi connectivity index (χ3v) is 6.50. The molecule has 2 N–H and O–H groups in total. The van der Waals surface area contributed by atoms with Gasteiger partial charge in [-0.25, -0.2) is 4.98 Å². The van der Waals surface area contributed by atoms with Crippen molar-refractivity contribution >= 4 is 28.3 Å². The minimum atomic E-state index is -0.349. The standard InChI is InChI=1S/C24H29N5O3/c1-3-16(2)22(23-25-18-8-4-5-9-19(18)26-23)27-24(30)17-12-14-28(15-13-17)20-10-6-7-11-21(20)29(31)32/h4-11,16-17,22H,3,12-15H2,1-2H3,(H,25,26)(H,27,30). The largest absolute Gasteiger partial charge is 0.366 e. The third kappa shape index (κ3) is 4.44. The zero-order valence-corrected chi connectivity index (χ0v) is 18.5. The summed E-state index contributed by atoms with van der Waals surface area (Å²) in [5.41, 5.74) is 2.58. The predicted molar refractivity (Wildman–Crippen MR) is 124 cm³/mol. The van der Waals surface area contributed by atoms with Crippen molar-refractivity contribution in [1.29, 1.82) is 0 Å². The molecule has 4 rings (SSSR count). The van der Waals surface area contributed by atoms with Crippen molar-refractivity contribution in [3.05, 3.63) is 64.5 Å². The summed E-state index contributed by atoms with van der Waals surface area (Å²) in [6, 6.07) is 14.5. The van der Waals surface area contributed by atoms with Crippen LogP contribution in [0.2, 0.25) is 0 Å². The molecule has 0 saturated carbocycles. The number of para-hydroxylation sites is 4. The number of anilines is 1. The lowest BCUT2D eigenvalue weighted by molar-refractivity contribution is -0.384. The van der Waals surface area contributed by atoms with Crippen molar-refractivity contribution in [3.63, 3.8) is 0 Å². The number of amides is 1. The monoisotopic (exact) mass is 435 g/mol. The molecule has 2 heterocycles. The number of imidazole rings is 1. The summed E-state index contributed by atoms with van der Waals surface area (Å²) in [6.45, 7) is 5.45. The van der Waals surface area contributed by atoms with E-state index in [1.54, 1.807) is 12.1 Å². The average molecular weight is 436 g/mol. The molecule has 0 aliphatic carbocycles. The van der Waals surface area contributed by atoms with Crippen molar-refractivity contribution in [2.24, 2.45) is 11.8 Å². The van der Waals surface area contributed by atoms with E-state index in [1.165, 1.54) is 6.07 Å². The number of hydrogen-bond donors (Lipinski definition) is 2. The van der Waals surface area contributed by atoms with Crippen LogP contribution in [0.5, 0.6) is 0 Å². The highest BCUT2D eigenvalue weighted by atomic mass is 16.6. The van der Waals surface area contributed by atoms with Crippen LogP contribution in [0.15, 0.2) is 48.5 Å². The Balaban J connectivity index is 1.44. The second-order valence-electron chi connectivity index (χ2n) is 8.52. The number of hydrogen-bond acceptors (Lipinski definition) is 5. The Morgan fingerprint density at radius 1 is 1.22 bits per heavy atom. The predicted octanol–water partition coefficient (Wildman–Crippen LogP) is 4.59. The molecule has 1 aliphatic heterocycles. The number of nitrogens with zero attached hydrogens (tertiary/aromatic N) is 3. The number of nitro groups is 1. The van der Waals surface area contributed by atoms with Gasteiger partial charge in [-0.05, 0) is 37.0 Å². The van der Waals surface area contributed by atoms with Crippen molar-refractivity contribution in [3.8, 4) is 0 Å². The highest BCUT2D eigenvalue weighted by Gasteiger charge is 2.31. The smallest absolute Gasteiger partial charge is 0.292 e. The number of nitro benzene ring substituents is 1. The molecule has 2 aromatic carbocycles. The molecular formula is C24H29N5O3. The van der Waals surface area contributed by atoms with E-state index in [2.05, 4.69) is 24.1 Å². The van der Waals surface area contributed by atoms with E-state index in [1.807, 2.05) is 35.2 Å². The Hall–Kier alpha value is -3.42. The molecule has 2 unspecified atom stereocenters. The fourth-order valence-corrected chi connectivity index (χ4v) is 4.38. The number of piperidine rings is 1. The van der Waals surface area contributed by atoms with Crippen LogP contribution in [0.1, 0.15) is 45.0 Å². The molecule has 1 amide bonds. The molecule has 1 aliphatic rings. The van der Waals surface area contributed by atoms with Crippen molar-refractivity contribution in [1.82, 2.24) is 15.3 Å². The van der Waals surface area contributed by atoms with Gasteiger partial charge in [0.1, 0.15) is 11.5 Å². The maximum atomic E-state index is 13.2. The number of nitrogens with one attached hydrogen (secondary N) is 2. The number of rotatable bonds is 7. The summed E-state index contributed by atoms with van der Waals surface area (Å²) in [5.74, 6) is 0.917. The zero-order chi connectivity index (χ0) is 22.7. The summed E-state index contributed by atoms with van der Waals surface area (Å²) >= 11 is 0. The van der Waals surface area contributed by atoms with Crippen molar-refractivity contribution in [2.75, 3.05) is 18.0 Å². The van der Waals surface area contributed by atoms with Gasteiger partial charge in [-0.3, -0.25) is 14.9 Å². The molecule has 3 aromatic rings. The summed E-state index contributed by atoms with van der Waals surface area (Å²) in [4.78, 5) is 34.3. The highest BCUT2D eigenvalue weighted by molar-refractivity contribution is 5.80.